The van der Waals surface area contributed by atoms with Crippen molar-refractivity contribution < 1.29 is 23.7 Å². The fourth-order valence-corrected chi connectivity index (χ4v) is 1.49. The van der Waals surface area contributed by atoms with Crippen molar-refractivity contribution in [3.05, 3.63) is 35.7 Å². The molecule has 0 atom stereocenters. The van der Waals surface area contributed by atoms with Crippen LogP contribution in [-0.2, 0) is 9.09 Å². The van der Waals surface area contributed by atoms with Crippen LogP contribution in [0.25, 0.3) is 6.08 Å². The highest BCUT2D eigenvalue weighted by atomic mass is 31.2. The van der Waals surface area contributed by atoms with Crippen LogP contribution >= 0.6 is 7.82 Å². The average Bonchev–Trinajstić information content (AvgIpc) is 2.15. The first-order valence-electron chi connectivity index (χ1n) is 4.03. The van der Waals surface area contributed by atoms with Crippen LogP contribution in [0.5, 0.6) is 5.75 Å². The maximum Gasteiger partial charge on any atom is 0.526 e. The Kier molecular flexibility index (Phi) is 2.40. The summed E-state index contributed by atoms with van der Waals surface area (Å²) in [6.07, 6.45) is 1.44. The number of nitrogens with one attached hydrogen (secondary N) is 1. The lowest BCUT2D eigenvalue weighted by Crippen LogP contribution is -2.22. The highest BCUT2D eigenvalue weighted by molar-refractivity contribution is 7.46. The van der Waals surface area contributed by atoms with E-state index >= 15 is 0 Å². The molecule has 1 aliphatic rings. The number of benzene rings is 1. The lowest BCUT2D eigenvalue weighted by Gasteiger charge is -2.18. The maximum atomic E-state index is 10.5. The number of hydrogen-bond donors (Lipinski definition) is 3. The second kappa shape index (κ2) is 3.58. The lowest BCUT2D eigenvalue weighted by atomic mass is 10.2. The Bertz CT molecular complexity index is 452. The summed E-state index contributed by atoms with van der Waals surface area (Å²) in [7, 11) is -4.56. The molecule has 0 radical (unpaired) electrons. The SMILES string of the molecule is O=P(O)(O)OC1=Cc2ccccc2ON1. The van der Waals surface area contributed by atoms with Crippen molar-refractivity contribution in [3.63, 3.8) is 0 Å². The zero-order valence-electron chi connectivity index (χ0n) is 7.45. The summed E-state index contributed by atoms with van der Waals surface area (Å²) in [4.78, 5) is 22.1. The van der Waals surface area contributed by atoms with Gasteiger partial charge in [-0.25, -0.2) is 4.57 Å². The number of phosphoric acid groups is 1. The molecule has 0 bridgehead atoms. The maximum absolute atomic E-state index is 10.5. The smallest absolute Gasteiger partial charge is 0.385 e. The van der Waals surface area contributed by atoms with E-state index in [2.05, 4.69) is 10.0 Å². The van der Waals surface area contributed by atoms with E-state index in [0.29, 0.717) is 11.3 Å². The van der Waals surface area contributed by atoms with Gasteiger partial charge in [-0.2, -0.15) is 5.48 Å². The first kappa shape index (κ1) is 10.0. The normalized spacial score (nSPS) is 14.4. The molecule has 0 aromatic heterocycles. The van der Waals surface area contributed by atoms with Gasteiger partial charge in [0, 0.05) is 11.6 Å². The van der Waals surface area contributed by atoms with E-state index in [0.717, 1.165) is 0 Å². The van der Waals surface area contributed by atoms with Gasteiger partial charge in [-0.05, 0) is 6.07 Å². The molecular formula is C8H8NO5P. The van der Waals surface area contributed by atoms with Crippen LogP contribution in [0.1, 0.15) is 5.56 Å². The minimum atomic E-state index is -4.56. The van der Waals surface area contributed by atoms with Gasteiger partial charge >= 0.3 is 7.82 Å². The Morgan fingerprint density at radius 1 is 1.33 bits per heavy atom. The van der Waals surface area contributed by atoms with Crippen molar-refractivity contribution in [2.24, 2.45) is 0 Å². The van der Waals surface area contributed by atoms with Gasteiger partial charge in [-0.3, -0.25) is 9.79 Å². The van der Waals surface area contributed by atoms with Gasteiger partial charge in [0.2, 0.25) is 5.88 Å². The monoisotopic (exact) mass is 229 g/mol. The largest absolute Gasteiger partial charge is 0.526 e. The van der Waals surface area contributed by atoms with E-state index in [4.69, 9.17) is 14.6 Å². The summed E-state index contributed by atoms with van der Waals surface area (Å²) in [5.41, 5.74) is 2.96. The van der Waals surface area contributed by atoms with Crippen molar-refractivity contribution in [1.29, 1.82) is 0 Å². The summed E-state index contributed by atoms with van der Waals surface area (Å²) in [6.45, 7) is 0. The molecule has 6 nitrogen and oxygen atoms in total. The van der Waals surface area contributed by atoms with E-state index in [1.165, 1.54) is 6.08 Å². The van der Waals surface area contributed by atoms with E-state index in [9.17, 15) is 4.57 Å². The summed E-state index contributed by atoms with van der Waals surface area (Å²) < 4.78 is 14.9. The highest BCUT2D eigenvalue weighted by Crippen LogP contribution is 2.39. The number of phosphoric ester groups is 1. The van der Waals surface area contributed by atoms with Crippen molar-refractivity contribution >= 4 is 13.9 Å². The van der Waals surface area contributed by atoms with Gasteiger partial charge in [-0.1, -0.05) is 18.2 Å². The molecule has 0 saturated heterocycles. The lowest BCUT2D eigenvalue weighted by molar-refractivity contribution is 0.144. The molecule has 3 N–H and O–H groups in total. The van der Waals surface area contributed by atoms with Crippen molar-refractivity contribution in [2.45, 2.75) is 0 Å². The van der Waals surface area contributed by atoms with E-state index in [1.807, 2.05) is 0 Å². The van der Waals surface area contributed by atoms with Gasteiger partial charge < -0.3 is 9.36 Å². The Morgan fingerprint density at radius 2 is 2.07 bits per heavy atom. The number of hydroxylamine groups is 1. The Morgan fingerprint density at radius 3 is 2.80 bits per heavy atom. The fourth-order valence-electron chi connectivity index (χ4n) is 1.14. The van der Waals surface area contributed by atoms with Crippen LogP contribution in [0.2, 0.25) is 0 Å². The molecule has 80 valence electrons. The van der Waals surface area contributed by atoms with Crippen LogP contribution in [0.4, 0.5) is 0 Å². The Labute approximate surface area is 85.3 Å². The zero-order chi connectivity index (χ0) is 10.9. The molecule has 15 heavy (non-hydrogen) atoms. The summed E-state index contributed by atoms with van der Waals surface area (Å²) in [5.74, 6) is 0.442. The molecule has 0 unspecified atom stereocenters. The molecule has 0 aliphatic carbocycles. The third kappa shape index (κ3) is 2.50. The molecule has 0 saturated carbocycles. The zero-order valence-corrected chi connectivity index (χ0v) is 8.35. The van der Waals surface area contributed by atoms with Crippen molar-refractivity contribution in [1.82, 2.24) is 5.48 Å². The summed E-state index contributed by atoms with van der Waals surface area (Å²) >= 11 is 0. The standard InChI is InChI=1S/C8H8NO5P/c10-15(11,12)14-8-5-6-3-1-2-4-7(6)13-9-8/h1-5,9H,(H2,10,11,12). The fraction of sp³-hybridized carbons (Fsp3) is 0. The Balaban J connectivity index is 2.26. The van der Waals surface area contributed by atoms with Gasteiger partial charge in [0.05, 0.1) is 0 Å². The van der Waals surface area contributed by atoms with Gasteiger partial charge in [0.1, 0.15) is 0 Å². The first-order valence-corrected chi connectivity index (χ1v) is 5.56. The molecule has 0 spiro atoms. The molecule has 2 rings (SSSR count). The van der Waals surface area contributed by atoms with Crippen LogP contribution in [-0.4, -0.2) is 9.79 Å². The van der Waals surface area contributed by atoms with Crippen LogP contribution in [0.3, 0.4) is 0 Å². The molecule has 1 aromatic rings. The van der Waals surface area contributed by atoms with E-state index < -0.39 is 7.82 Å². The van der Waals surface area contributed by atoms with E-state index in [-0.39, 0.29) is 5.88 Å². The number of para-hydroxylation sites is 1. The summed E-state index contributed by atoms with van der Waals surface area (Å²) in [6, 6.07) is 7.01. The number of fused-ring (bicyclic) bond motifs is 1. The molecular weight excluding hydrogens is 221 g/mol. The van der Waals surface area contributed by atoms with Gasteiger partial charge in [0.15, 0.2) is 5.75 Å². The minimum Gasteiger partial charge on any atom is -0.385 e. The molecule has 1 heterocycles. The molecule has 1 aromatic carbocycles. The third-order valence-electron chi connectivity index (χ3n) is 1.68. The third-order valence-corrected chi connectivity index (χ3v) is 2.12. The highest BCUT2D eigenvalue weighted by Gasteiger charge is 2.20. The first-order chi connectivity index (χ1) is 7.04. The van der Waals surface area contributed by atoms with Crippen molar-refractivity contribution in [2.75, 3.05) is 0 Å². The van der Waals surface area contributed by atoms with E-state index in [1.54, 1.807) is 24.3 Å². The van der Waals surface area contributed by atoms with Gasteiger partial charge in [-0.15, -0.1) is 0 Å². The summed E-state index contributed by atoms with van der Waals surface area (Å²) in [5, 5.41) is 0. The van der Waals surface area contributed by atoms with Crippen LogP contribution in [0, 0.1) is 0 Å². The average molecular weight is 229 g/mol. The molecule has 1 aliphatic heterocycles. The number of rotatable bonds is 2. The second-order valence-electron chi connectivity index (χ2n) is 2.83. The Hall–Kier alpha value is -1.49. The van der Waals surface area contributed by atoms with Crippen LogP contribution < -0.4 is 10.3 Å². The molecule has 0 amide bonds. The number of hydrogen-bond acceptors (Lipinski definition) is 4. The predicted molar refractivity (Wildman–Crippen MR) is 51.3 cm³/mol. The van der Waals surface area contributed by atoms with Crippen molar-refractivity contribution in [3.8, 4) is 5.75 Å². The second-order valence-corrected chi connectivity index (χ2v) is 4.00. The molecule has 7 heteroatoms. The van der Waals surface area contributed by atoms with Crippen LogP contribution in [0.15, 0.2) is 30.1 Å². The minimum absolute atomic E-state index is 0.123. The predicted octanol–water partition coefficient (Wildman–Crippen LogP) is 0.991. The molecule has 0 fully saturated rings. The van der Waals surface area contributed by atoms with Gasteiger partial charge in [0.25, 0.3) is 0 Å². The quantitative estimate of drug-likeness (QED) is 0.655. The topological polar surface area (TPSA) is 88.0 Å².